The van der Waals surface area contributed by atoms with Crippen molar-refractivity contribution < 1.29 is 14.3 Å². The molecule has 32 heavy (non-hydrogen) atoms. The third kappa shape index (κ3) is 7.71. The number of halogens is 1. The second-order valence-electron chi connectivity index (χ2n) is 7.60. The lowest BCUT2D eigenvalue weighted by molar-refractivity contribution is -0.131. The van der Waals surface area contributed by atoms with E-state index in [1.54, 1.807) is 40.4 Å². The molecular formula is C24H33ClN4O3. The largest absolute Gasteiger partial charge is 0.492 e. The quantitative estimate of drug-likeness (QED) is 0.477. The standard InChI is InChI=1S/C24H33ClN4O3/c1-5-28(6-2)23(30)9-13-29(18(3)4)24(31)19-15-20(25)17-22(16-19)32-14-12-27-21-7-10-26-11-8-21/h7-8,10-11,15-18H,5-6,9,12-14H2,1-4H3,(H,26,27). The first-order chi connectivity index (χ1) is 15.3. The third-order valence-electron chi connectivity index (χ3n) is 5.07. The summed E-state index contributed by atoms with van der Waals surface area (Å²) in [4.78, 5) is 33.0. The van der Waals surface area contributed by atoms with Crippen LogP contribution >= 0.6 is 11.6 Å². The van der Waals surface area contributed by atoms with Gasteiger partial charge in [-0.15, -0.1) is 0 Å². The zero-order chi connectivity index (χ0) is 23.5. The van der Waals surface area contributed by atoms with Crippen molar-refractivity contribution in [3.8, 4) is 5.75 Å². The number of rotatable bonds is 12. The maximum Gasteiger partial charge on any atom is 0.254 e. The van der Waals surface area contributed by atoms with Gasteiger partial charge in [0.15, 0.2) is 0 Å². The van der Waals surface area contributed by atoms with Crippen LogP contribution < -0.4 is 10.1 Å². The van der Waals surface area contributed by atoms with Crippen molar-refractivity contribution in [3.05, 3.63) is 53.3 Å². The van der Waals surface area contributed by atoms with E-state index in [-0.39, 0.29) is 24.3 Å². The van der Waals surface area contributed by atoms with Gasteiger partial charge in [0.05, 0.1) is 0 Å². The second-order valence-corrected chi connectivity index (χ2v) is 8.03. The number of carbonyl (C=O) groups is 2. The van der Waals surface area contributed by atoms with Crippen LogP contribution in [-0.2, 0) is 4.79 Å². The molecule has 0 unspecified atom stereocenters. The van der Waals surface area contributed by atoms with Gasteiger partial charge in [0.25, 0.3) is 5.91 Å². The Hall–Kier alpha value is -2.80. The molecule has 0 atom stereocenters. The smallest absolute Gasteiger partial charge is 0.254 e. The number of benzene rings is 1. The number of amides is 2. The third-order valence-corrected chi connectivity index (χ3v) is 5.28. The first-order valence-corrected chi connectivity index (χ1v) is 11.4. The molecule has 0 fully saturated rings. The van der Waals surface area contributed by atoms with Crippen LogP contribution in [0.2, 0.25) is 5.02 Å². The number of nitrogens with zero attached hydrogens (tertiary/aromatic N) is 3. The molecule has 0 aliphatic carbocycles. The highest BCUT2D eigenvalue weighted by molar-refractivity contribution is 6.31. The Morgan fingerprint density at radius 3 is 2.44 bits per heavy atom. The van der Waals surface area contributed by atoms with Crippen LogP contribution in [0.3, 0.4) is 0 Å². The number of pyridine rings is 1. The summed E-state index contributed by atoms with van der Waals surface area (Å²) in [6.07, 6.45) is 3.72. The fourth-order valence-electron chi connectivity index (χ4n) is 3.31. The Balaban J connectivity index is 2.00. The van der Waals surface area contributed by atoms with E-state index < -0.39 is 0 Å². The van der Waals surface area contributed by atoms with Crippen LogP contribution in [0.25, 0.3) is 0 Å². The predicted molar refractivity (Wildman–Crippen MR) is 128 cm³/mol. The molecule has 8 heteroatoms. The summed E-state index contributed by atoms with van der Waals surface area (Å²) in [5, 5.41) is 3.66. The van der Waals surface area contributed by atoms with Gasteiger partial charge in [-0.25, -0.2) is 0 Å². The summed E-state index contributed by atoms with van der Waals surface area (Å²) in [5.74, 6) is 0.403. The minimum Gasteiger partial charge on any atom is -0.492 e. The SMILES string of the molecule is CCN(CC)C(=O)CCN(C(=O)c1cc(Cl)cc(OCCNc2ccncc2)c1)C(C)C. The Morgan fingerprint density at radius 1 is 1.12 bits per heavy atom. The van der Waals surface area contributed by atoms with Gasteiger partial charge in [-0.2, -0.15) is 0 Å². The molecule has 2 rings (SSSR count). The molecule has 1 aromatic carbocycles. The van der Waals surface area contributed by atoms with Crippen LogP contribution in [-0.4, -0.2) is 65.4 Å². The first kappa shape index (κ1) is 25.5. The van der Waals surface area contributed by atoms with E-state index in [2.05, 4.69) is 10.3 Å². The molecule has 0 saturated carbocycles. The molecule has 2 aromatic rings. The number of aromatic nitrogens is 1. The zero-order valence-electron chi connectivity index (χ0n) is 19.3. The van der Waals surface area contributed by atoms with Crippen molar-refractivity contribution in [1.82, 2.24) is 14.8 Å². The highest BCUT2D eigenvalue weighted by atomic mass is 35.5. The van der Waals surface area contributed by atoms with Gasteiger partial charge in [0.1, 0.15) is 12.4 Å². The monoisotopic (exact) mass is 460 g/mol. The Morgan fingerprint density at radius 2 is 1.81 bits per heavy atom. The Labute approximate surface area is 195 Å². The maximum atomic E-state index is 13.2. The summed E-state index contributed by atoms with van der Waals surface area (Å²) in [5.41, 5.74) is 1.40. The minimum absolute atomic E-state index is 0.0465. The number of hydrogen-bond acceptors (Lipinski definition) is 5. The first-order valence-electron chi connectivity index (χ1n) is 11.0. The normalized spacial score (nSPS) is 10.7. The predicted octanol–water partition coefficient (Wildman–Crippen LogP) is 4.34. The van der Waals surface area contributed by atoms with E-state index in [0.29, 0.717) is 49.1 Å². The van der Waals surface area contributed by atoms with Gasteiger partial charge in [0.2, 0.25) is 5.91 Å². The molecule has 0 radical (unpaired) electrons. The van der Waals surface area contributed by atoms with Gasteiger partial charge >= 0.3 is 0 Å². The van der Waals surface area contributed by atoms with Crippen LogP contribution in [0, 0.1) is 0 Å². The topological polar surface area (TPSA) is 74.8 Å². The van der Waals surface area contributed by atoms with Crippen molar-refractivity contribution in [2.24, 2.45) is 0 Å². The minimum atomic E-state index is -0.172. The number of nitrogens with one attached hydrogen (secondary N) is 1. The van der Waals surface area contributed by atoms with E-state index in [4.69, 9.17) is 16.3 Å². The van der Waals surface area contributed by atoms with Gasteiger partial charge in [-0.05, 0) is 58.0 Å². The summed E-state index contributed by atoms with van der Waals surface area (Å²) in [7, 11) is 0. The van der Waals surface area contributed by atoms with E-state index in [1.807, 2.05) is 39.8 Å². The molecule has 174 valence electrons. The number of carbonyl (C=O) groups excluding carboxylic acids is 2. The molecule has 0 aliphatic heterocycles. The van der Waals surface area contributed by atoms with Gasteiger partial charge in [-0.3, -0.25) is 14.6 Å². The van der Waals surface area contributed by atoms with Gasteiger partial charge in [-0.1, -0.05) is 11.6 Å². The van der Waals surface area contributed by atoms with Gasteiger partial charge < -0.3 is 19.9 Å². The van der Waals surface area contributed by atoms with Crippen molar-refractivity contribution in [2.45, 2.75) is 40.2 Å². The van der Waals surface area contributed by atoms with E-state index in [9.17, 15) is 9.59 Å². The summed E-state index contributed by atoms with van der Waals surface area (Å²) in [6, 6.07) is 8.72. The van der Waals surface area contributed by atoms with E-state index in [0.717, 1.165) is 5.69 Å². The average Bonchev–Trinajstić information content (AvgIpc) is 2.77. The molecule has 2 amide bonds. The zero-order valence-corrected chi connectivity index (χ0v) is 20.1. The van der Waals surface area contributed by atoms with Crippen LogP contribution in [0.5, 0.6) is 5.75 Å². The van der Waals surface area contributed by atoms with Crippen molar-refractivity contribution in [2.75, 3.05) is 38.1 Å². The van der Waals surface area contributed by atoms with Crippen molar-refractivity contribution in [1.29, 1.82) is 0 Å². The highest BCUT2D eigenvalue weighted by Crippen LogP contribution is 2.23. The van der Waals surface area contributed by atoms with Crippen LogP contribution in [0.1, 0.15) is 44.5 Å². The van der Waals surface area contributed by atoms with Crippen molar-refractivity contribution >= 4 is 29.1 Å². The molecule has 1 N–H and O–H groups in total. The Bertz CT molecular complexity index is 873. The highest BCUT2D eigenvalue weighted by Gasteiger charge is 2.22. The molecule has 0 spiro atoms. The average molecular weight is 461 g/mol. The van der Waals surface area contributed by atoms with Crippen molar-refractivity contribution in [3.63, 3.8) is 0 Å². The summed E-state index contributed by atoms with van der Waals surface area (Å²) < 4.78 is 5.80. The molecule has 0 saturated heterocycles. The fourth-order valence-corrected chi connectivity index (χ4v) is 3.54. The number of hydrogen-bond donors (Lipinski definition) is 1. The molecule has 7 nitrogen and oxygen atoms in total. The van der Waals surface area contributed by atoms with Crippen LogP contribution in [0.4, 0.5) is 5.69 Å². The summed E-state index contributed by atoms with van der Waals surface area (Å²) >= 11 is 6.26. The number of ether oxygens (including phenoxy) is 1. The van der Waals surface area contributed by atoms with E-state index >= 15 is 0 Å². The molecule has 0 bridgehead atoms. The molecule has 0 aliphatic rings. The van der Waals surface area contributed by atoms with Gasteiger partial charge in [0, 0.05) is 67.3 Å². The lowest BCUT2D eigenvalue weighted by Gasteiger charge is -2.28. The molecule has 1 aromatic heterocycles. The lowest BCUT2D eigenvalue weighted by Crippen LogP contribution is -2.40. The van der Waals surface area contributed by atoms with E-state index in [1.165, 1.54) is 0 Å². The molecular weight excluding hydrogens is 428 g/mol. The fraction of sp³-hybridized carbons (Fsp3) is 0.458. The second kappa shape index (κ2) is 12.9. The summed E-state index contributed by atoms with van der Waals surface area (Å²) in [6.45, 7) is 10.4. The lowest BCUT2D eigenvalue weighted by atomic mass is 10.1. The van der Waals surface area contributed by atoms with Crippen LogP contribution in [0.15, 0.2) is 42.7 Å². The number of anilines is 1. The Kier molecular flexibility index (Phi) is 10.3. The molecule has 1 heterocycles. The maximum absolute atomic E-state index is 13.2.